The van der Waals surface area contributed by atoms with Gasteiger partial charge in [-0.15, -0.1) is 0 Å². The summed E-state index contributed by atoms with van der Waals surface area (Å²) >= 11 is 0. The average Bonchev–Trinajstić information content (AvgIpc) is 3.24. The molecule has 0 saturated carbocycles. The van der Waals surface area contributed by atoms with Gasteiger partial charge in [-0.1, -0.05) is 6.07 Å². The Bertz CT molecular complexity index is 640. The highest BCUT2D eigenvalue weighted by Gasteiger charge is 2.23. The second-order valence-corrected chi connectivity index (χ2v) is 6.35. The molecule has 0 aliphatic carbocycles. The normalized spacial score (nSPS) is 17.8. The van der Waals surface area contributed by atoms with E-state index in [0.29, 0.717) is 19.0 Å². The standard InChI is InChI=1S/C18H24N4O2/c1-14-4-5-17(19-9-14)20-10-15-6-7-22(12-15)13-18(23)21-11-16-3-2-8-24-16/h2-5,8-9,15H,6-7,10-13H2,1H3,(H,19,20)(H,21,23)/t15-/m0/s1. The number of anilines is 1. The van der Waals surface area contributed by atoms with Gasteiger partial charge in [0, 0.05) is 19.3 Å². The number of furan rings is 1. The molecule has 3 rings (SSSR count). The van der Waals surface area contributed by atoms with Crippen molar-refractivity contribution in [2.75, 3.05) is 31.5 Å². The highest BCUT2D eigenvalue weighted by atomic mass is 16.3. The van der Waals surface area contributed by atoms with Gasteiger partial charge < -0.3 is 15.1 Å². The highest BCUT2D eigenvalue weighted by molar-refractivity contribution is 5.77. The van der Waals surface area contributed by atoms with Gasteiger partial charge in [0.1, 0.15) is 11.6 Å². The fraction of sp³-hybridized carbons (Fsp3) is 0.444. The van der Waals surface area contributed by atoms with E-state index >= 15 is 0 Å². The molecule has 2 N–H and O–H groups in total. The van der Waals surface area contributed by atoms with Gasteiger partial charge in [0.05, 0.1) is 19.4 Å². The van der Waals surface area contributed by atoms with Gasteiger partial charge in [-0.05, 0) is 49.6 Å². The van der Waals surface area contributed by atoms with E-state index in [4.69, 9.17) is 4.42 Å². The first-order valence-electron chi connectivity index (χ1n) is 8.37. The molecule has 0 spiro atoms. The quantitative estimate of drug-likeness (QED) is 0.814. The Labute approximate surface area is 142 Å². The van der Waals surface area contributed by atoms with Gasteiger partial charge in [0.2, 0.25) is 5.91 Å². The van der Waals surface area contributed by atoms with Crippen molar-refractivity contribution in [2.24, 2.45) is 5.92 Å². The number of hydrogen-bond acceptors (Lipinski definition) is 5. The number of nitrogens with zero attached hydrogens (tertiary/aromatic N) is 2. The maximum atomic E-state index is 12.0. The lowest BCUT2D eigenvalue weighted by Gasteiger charge is -2.16. The summed E-state index contributed by atoms with van der Waals surface area (Å²) in [5.74, 6) is 2.28. The van der Waals surface area contributed by atoms with Crippen molar-refractivity contribution < 1.29 is 9.21 Å². The van der Waals surface area contributed by atoms with E-state index in [1.165, 1.54) is 0 Å². The summed E-state index contributed by atoms with van der Waals surface area (Å²) < 4.78 is 5.21. The summed E-state index contributed by atoms with van der Waals surface area (Å²) in [6.07, 6.45) is 4.58. The molecule has 6 heteroatoms. The van der Waals surface area contributed by atoms with Crippen LogP contribution in [0, 0.1) is 12.8 Å². The number of amides is 1. The van der Waals surface area contributed by atoms with Crippen molar-refractivity contribution in [3.8, 4) is 0 Å². The molecule has 0 radical (unpaired) electrons. The van der Waals surface area contributed by atoms with Crippen molar-refractivity contribution >= 4 is 11.7 Å². The maximum Gasteiger partial charge on any atom is 0.234 e. The zero-order valence-electron chi connectivity index (χ0n) is 14.0. The fourth-order valence-corrected chi connectivity index (χ4v) is 2.90. The third-order valence-electron chi connectivity index (χ3n) is 4.26. The minimum Gasteiger partial charge on any atom is -0.467 e. The molecular weight excluding hydrogens is 304 g/mol. The van der Waals surface area contributed by atoms with E-state index in [2.05, 4.69) is 26.6 Å². The zero-order valence-corrected chi connectivity index (χ0v) is 14.0. The Balaban J connectivity index is 1.35. The molecule has 0 bridgehead atoms. The van der Waals surface area contributed by atoms with Crippen LogP contribution in [0.5, 0.6) is 0 Å². The second kappa shape index (κ2) is 7.97. The number of rotatable bonds is 7. The SMILES string of the molecule is Cc1ccc(NC[C@@H]2CCN(CC(=O)NCc3ccco3)C2)nc1. The van der Waals surface area contributed by atoms with Crippen molar-refractivity contribution in [1.29, 1.82) is 0 Å². The molecule has 0 unspecified atom stereocenters. The van der Waals surface area contributed by atoms with Crippen LogP contribution in [-0.2, 0) is 11.3 Å². The average molecular weight is 328 g/mol. The molecule has 6 nitrogen and oxygen atoms in total. The number of hydrogen-bond donors (Lipinski definition) is 2. The fourth-order valence-electron chi connectivity index (χ4n) is 2.90. The lowest BCUT2D eigenvalue weighted by Crippen LogP contribution is -2.36. The van der Waals surface area contributed by atoms with Crippen molar-refractivity contribution in [3.05, 3.63) is 48.0 Å². The lowest BCUT2D eigenvalue weighted by molar-refractivity contribution is -0.122. The minimum atomic E-state index is 0.0419. The molecule has 2 aromatic rings. The Morgan fingerprint density at radius 1 is 1.42 bits per heavy atom. The van der Waals surface area contributed by atoms with Gasteiger partial charge in [0.15, 0.2) is 0 Å². The molecule has 3 heterocycles. The largest absolute Gasteiger partial charge is 0.467 e. The van der Waals surface area contributed by atoms with E-state index in [1.807, 2.05) is 31.3 Å². The molecule has 1 fully saturated rings. The number of carbonyl (C=O) groups excluding carboxylic acids is 1. The molecule has 1 aliphatic rings. The number of carbonyl (C=O) groups is 1. The van der Waals surface area contributed by atoms with Crippen LogP contribution < -0.4 is 10.6 Å². The first-order valence-corrected chi connectivity index (χ1v) is 8.37. The number of aromatic nitrogens is 1. The first-order chi connectivity index (χ1) is 11.7. The van der Waals surface area contributed by atoms with Crippen molar-refractivity contribution in [1.82, 2.24) is 15.2 Å². The van der Waals surface area contributed by atoms with Crippen LogP contribution in [0.3, 0.4) is 0 Å². The van der Waals surface area contributed by atoms with Gasteiger partial charge in [-0.2, -0.15) is 0 Å². The molecule has 1 amide bonds. The van der Waals surface area contributed by atoms with Crippen molar-refractivity contribution in [3.63, 3.8) is 0 Å². The van der Waals surface area contributed by atoms with Crippen LogP contribution in [0.4, 0.5) is 5.82 Å². The maximum absolute atomic E-state index is 12.0. The summed E-state index contributed by atoms with van der Waals surface area (Å²) in [5.41, 5.74) is 1.16. The van der Waals surface area contributed by atoms with Crippen LogP contribution >= 0.6 is 0 Å². The smallest absolute Gasteiger partial charge is 0.234 e. The molecular formula is C18H24N4O2. The van der Waals surface area contributed by atoms with Gasteiger partial charge in [0.25, 0.3) is 0 Å². The highest BCUT2D eigenvalue weighted by Crippen LogP contribution is 2.16. The van der Waals surface area contributed by atoms with Crippen LogP contribution in [-0.4, -0.2) is 42.0 Å². The second-order valence-electron chi connectivity index (χ2n) is 6.35. The molecule has 1 atom stereocenters. The van der Waals surface area contributed by atoms with E-state index in [-0.39, 0.29) is 5.91 Å². The molecule has 24 heavy (non-hydrogen) atoms. The third kappa shape index (κ3) is 4.83. The molecule has 2 aromatic heterocycles. The Morgan fingerprint density at radius 2 is 2.33 bits per heavy atom. The van der Waals surface area contributed by atoms with E-state index in [1.54, 1.807) is 6.26 Å². The Morgan fingerprint density at radius 3 is 3.08 bits per heavy atom. The van der Waals surface area contributed by atoms with E-state index in [9.17, 15) is 4.79 Å². The lowest BCUT2D eigenvalue weighted by atomic mass is 10.1. The summed E-state index contributed by atoms with van der Waals surface area (Å²) in [4.78, 5) is 18.6. The van der Waals surface area contributed by atoms with Crippen LogP contribution in [0.15, 0.2) is 41.1 Å². The molecule has 0 aromatic carbocycles. The van der Waals surface area contributed by atoms with Crippen LogP contribution in [0.2, 0.25) is 0 Å². The van der Waals surface area contributed by atoms with E-state index < -0.39 is 0 Å². The van der Waals surface area contributed by atoms with Crippen LogP contribution in [0.25, 0.3) is 0 Å². The van der Waals surface area contributed by atoms with Crippen molar-refractivity contribution in [2.45, 2.75) is 19.9 Å². The van der Waals surface area contributed by atoms with Crippen LogP contribution in [0.1, 0.15) is 17.7 Å². The van der Waals surface area contributed by atoms with Gasteiger partial charge >= 0.3 is 0 Å². The monoisotopic (exact) mass is 328 g/mol. The number of aryl methyl sites for hydroxylation is 1. The molecule has 1 aliphatic heterocycles. The summed E-state index contributed by atoms with van der Waals surface area (Å²) in [6, 6.07) is 7.74. The minimum absolute atomic E-state index is 0.0419. The predicted molar refractivity (Wildman–Crippen MR) is 92.6 cm³/mol. The summed E-state index contributed by atoms with van der Waals surface area (Å²) in [6.45, 7) is 5.71. The topological polar surface area (TPSA) is 70.4 Å². The number of likely N-dealkylation sites (tertiary alicyclic amines) is 1. The number of nitrogens with one attached hydrogen (secondary N) is 2. The van der Waals surface area contributed by atoms with Gasteiger partial charge in [-0.25, -0.2) is 4.98 Å². The summed E-state index contributed by atoms with van der Waals surface area (Å²) in [5, 5.41) is 6.27. The first kappa shape index (κ1) is 16.5. The molecule has 1 saturated heterocycles. The zero-order chi connectivity index (χ0) is 16.8. The third-order valence-corrected chi connectivity index (χ3v) is 4.26. The Hall–Kier alpha value is -2.34. The molecule has 128 valence electrons. The predicted octanol–water partition coefficient (Wildman–Crippen LogP) is 2.03. The Kier molecular flexibility index (Phi) is 5.48. The number of pyridine rings is 1. The summed E-state index contributed by atoms with van der Waals surface area (Å²) in [7, 11) is 0. The van der Waals surface area contributed by atoms with Gasteiger partial charge in [-0.3, -0.25) is 9.69 Å². The van der Waals surface area contributed by atoms with E-state index in [0.717, 1.165) is 43.2 Å².